The van der Waals surface area contributed by atoms with Crippen molar-refractivity contribution in [2.75, 3.05) is 31.9 Å². The van der Waals surface area contributed by atoms with Crippen molar-refractivity contribution in [1.82, 2.24) is 29.9 Å². The molecule has 10 heteroatoms. The van der Waals surface area contributed by atoms with Gasteiger partial charge in [0.15, 0.2) is 0 Å². The highest BCUT2D eigenvalue weighted by Gasteiger charge is 2.39. The van der Waals surface area contributed by atoms with Crippen molar-refractivity contribution < 1.29 is 14.6 Å². The molecule has 0 spiro atoms. The van der Waals surface area contributed by atoms with Crippen molar-refractivity contribution in [2.45, 2.75) is 75.5 Å². The van der Waals surface area contributed by atoms with Gasteiger partial charge in [-0.1, -0.05) is 42.5 Å². The number of aryl methyl sites for hydroxylation is 2. The van der Waals surface area contributed by atoms with E-state index in [-0.39, 0.29) is 30.0 Å². The topological polar surface area (TPSA) is 122 Å². The SMILES string of the molecule is Cn1cc(-c2cnc(N)c(C(=O)N[C@H]3CCC[C@@H]3OCc3ccc(-c4ccc5c(c4)CC[C@@H]5N4CCN5C[C@H](O)C[C@H]5C4)cc3)c2)cn1. The predicted octanol–water partition coefficient (Wildman–Crippen LogP) is 4.34. The molecule has 5 atom stereocenters. The van der Waals surface area contributed by atoms with E-state index in [9.17, 15) is 9.90 Å². The maximum Gasteiger partial charge on any atom is 0.255 e. The zero-order valence-electron chi connectivity index (χ0n) is 27.6. The number of pyridine rings is 1. The molecule has 0 radical (unpaired) electrons. The molecule has 2 aliphatic heterocycles. The number of nitrogens with one attached hydrogen (secondary N) is 1. The molecule has 2 aromatic heterocycles. The van der Waals surface area contributed by atoms with Crippen LogP contribution in [-0.4, -0.2) is 86.0 Å². The fraction of sp³-hybridized carbons (Fsp3) is 0.447. The Morgan fingerprint density at radius 2 is 1.81 bits per heavy atom. The van der Waals surface area contributed by atoms with E-state index in [1.54, 1.807) is 23.1 Å². The first-order valence-corrected chi connectivity index (χ1v) is 17.4. The van der Waals surface area contributed by atoms with Crippen LogP contribution in [0.25, 0.3) is 22.3 Å². The van der Waals surface area contributed by atoms with Gasteiger partial charge in [-0.2, -0.15) is 5.10 Å². The standard InChI is InChI=1S/C38H45N7O3/c1-43-20-29(19-41-43)28-16-33(37(39)40-18-28)38(47)42-34-3-2-4-36(34)48-23-24-5-7-25(8-6-24)26-9-11-32-27(15-26)10-12-35(32)45-14-13-44-22-31(46)17-30(44)21-45/h5-9,11,15-16,18-20,30-31,34-36,46H,2-4,10,12-14,17,21-23H2,1H3,(H2,39,40)(H,42,47)/t30-,31+,34-,35-,36-/m0/s1. The lowest BCUT2D eigenvalue weighted by atomic mass is 9.98. The van der Waals surface area contributed by atoms with E-state index < -0.39 is 0 Å². The molecule has 0 bridgehead atoms. The Balaban J connectivity index is 0.871. The normalized spacial score (nSPS) is 25.7. The number of nitrogens with zero attached hydrogens (tertiary/aromatic N) is 5. The number of aromatic nitrogens is 3. The summed E-state index contributed by atoms with van der Waals surface area (Å²) in [6.07, 6.45) is 11.0. The van der Waals surface area contributed by atoms with Crippen LogP contribution < -0.4 is 11.1 Å². The molecule has 1 amide bonds. The lowest BCUT2D eigenvalue weighted by Crippen LogP contribution is -2.50. The zero-order chi connectivity index (χ0) is 32.8. The van der Waals surface area contributed by atoms with Crippen molar-refractivity contribution in [1.29, 1.82) is 0 Å². The van der Waals surface area contributed by atoms with Gasteiger partial charge >= 0.3 is 0 Å². The summed E-state index contributed by atoms with van der Waals surface area (Å²) in [4.78, 5) is 22.7. The number of anilines is 1. The Morgan fingerprint density at radius 1 is 0.979 bits per heavy atom. The highest BCUT2D eigenvalue weighted by molar-refractivity contribution is 5.99. The van der Waals surface area contributed by atoms with Crippen molar-refractivity contribution in [3.05, 3.63) is 89.4 Å². The number of carbonyl (C=O) groups excluding carboxylic acids is 1. The van der Waals surface area contributed by atoms with Crippen molar-refractivity contribution in [3.8, 4) is 22.3 Å². The third kappa shape index (κ3) is 6.25. The summed E-state index contributed by atoms with van der Waals surface area (Å²) < 4.78 is 8.09. The number of nitrogens with two attached hydrogens (primary N) is 1. The van der Waals surface area contributed by atoms with Gasteiger partial charge in [-0.3, -0.25) is 19.3 Å². The van der Waals surface area contributed by atoms with Crippen LogP contribution in [0.3, 0.4) is 0 Å². The van der Waals surface area contributed by atoms with Crippen LogP contribution in [0.15, 0.2) is 67.1 Å². The smallest absolute Gasteiger partial charge is 0.255 e. The van der Waals surface area contributed by atoms with E-state index in [0.717, 1.165) is 75.0 Å². The van der Waals surface area contributed by atoms with Gasteiger partial charge in [0.05, 0.1) is 36.6 Å². The second kappa shape index (κ2) is 13.1. The summed E-state index contributed by atoms with van der Waals surface area (Å²) in [5.74, 6) is -0.0183. The quantitative estimate of drug-likeness (QED) is 0.258. The molecular formula is C38H45N7O3. The minimum atomic E-state index is -0.229. The second-order valence-corrected chi connectivity index (χ2v) is 14.1. The molecule has 4 heterocycles. The number of hydrogen-bond acceptors (Lipinski definition) is 8. The van der Waals surface area contributed by atoms with Crippen LogP contribution in [-0.2, 0) is 24.8 Å². The van der Waals surface area contributed by atoms with Crippen LogP contribution in [0.4, 0.5) is 5.82 Å². The van der Waals surface area contributed by atoms with Gasteiger partial charge in [-0.05, 0) is 72.4 Å². The highest BCUT2D eigenvalue weighted by Crippen LogP contribution is 2.40. The Kier molecular flexibility index (Phi) is 8.50. The summed E-state index contributed by atoms with van der Waals surface area (Å²) in [7, 11) is 1.85. The Bertz CT molecular complexity index is 1790. The number of fused-ring (bicyclic) bond motifs is 2. The van der Waals surface area contributed by atoms with E-state index in [1.165, 1.54) is 28.7 Å². The zero-order valence-corrected chi connectivity index (χ0v) is 27.6. The lowest BCUT2D eigenvalue weighted by Gasteiger charge is -2.40. The molecule has 2 aromatic carbocycles. The molecule has 3 fully saturated rings. The number of ether oxygens (including phenoxy) is 1. The Labute approximate surface area is 281 Å². The fourth-order valence-corrected chi connectivity index (χ4v) is 8.40. The van der Waals surface area contributed by atoms with Crippen LogP contribution in [0, 0.1) is 0 Å². The maximum absolute atomic E-state index is 13.3. The average Bonchev–Trinajstić information content (AvgIpc) is 3.90. The van der Waals surface area contributed by atoms with Crippen molar-refractivity contribution in [3.63, 3.8) is 0 Å². The van der Waals surface area contributed by atoms with E-state index >= 15 is 0 Å². The molecule has 250 valence electrons. The predicted molar refractivity (Wildman–Crippen MR) is 185 cm³/mol. The molecule has 2 saturated heterocycles. The monoisotopic (exact) mass is 647 g/mol. The van der Waals surface area contributed by atoms with Gasteiger partial charge in [-0.25, -0.2) is 4.98 Å². The number of aliphatic hydroxyl groups is 1. The third-order valence-corrected chi connectivity index (χ3v) is 11.0. The molecule has 1 saturated carbocycles. The molecular weight excluding hydrogens is 602 g/mol. The number of hydrogen-bond donors (Lipinski definition) is 3. The molecule has 48 heavy (non-hydrogen) atoms. The molecule has 10 nitrogen and oxygen atoms in total. The number of benzene rings is 2. The fourth-order valence-electron chi connectivity index (χ4n) is 8.40. The molecule has 4 aliphatic rings. The summed E-state index contributed by atoms with van der Waals surface area (Å²) in [6.45, 7) is 4.54. The Morgan fingerprint density at radius 3 is 2.65 bits per heavy atom. The molecule has 4 N–H and O–H groups in total. The highest BCUT2D eigenvalue weighted by atomic mass is 16.5. The van der Waals surface area contributed by atoms with Crippen molar-refractivity contribution in [2.24, 2.45) is 7.05 Å². The summed E-state index contributed by atoms with van der Waals surface area (Å²) in [5, 5.41) is 17.5. The van der Waals surface area contributed by atoms with Gasteiger partial charge in [0.1, 0.15) is 5.82 Å². The number of nitrogen functional groups attached to an aromatic ring is 1. The number of piperazine rings is 1. The number of rotatable bonds is 8. The minimum absolute atomic E-state index is 0.0595. The van der Waals surface area contributed by atoms with E-state index in [2.05, 4.69) is 67.7 Å². The number of amides is 1. The first kappa shape index (κ1) is 31.2. The van der Waals surface area contributed by atoms with Crippen LogP contribution in [0.5, 0.6) is 0 Å². The van der Waals surface area contributed by atoms with E-state index in [0.29, 0.717) is 24.3 Å². The molecule has 8 rings (SSSR count). The van der Waals surface area contributed by atoms with Gasteiger partial charge in [0.25, 0.3) is 5.91 Å². The maximum atomic E-state index is 13.3. The average molecular weight is 648 g/mol. The number of aliphatic hydroxyl groups excluding tert-OH is 1. The van der Waals surface area contributed by atoms with E-state index in [1.807, 2.05) is 13.2 Å². The largest absolute Gasteiger partial charge is 0.392 e. The van der Waals surface area contributed by atoms with Crippen LogP contribution in [0.1, 0.15) is 65.2 Å². The van der Waals surface area contributed by atoms with Gasteiger partial charge < -0.3 is 20.9 Å². The van der Waals surface area contributed by atoms with Gasteiger partial charge in [0, 0.05) is 68.8 Å². The summed E-state index contributed by atoms with van der Waals surface area (Å²) in [5.41, 5.74) is 14.7. The molecule has 4 aromatic rings. The second-order valence-electron chi connectivity index (χ2n) is 14.1. The van der Waals surface area contributed by atoms with Crippen LogP contribution >= 0.6 is 0 Å². The van der Waals surface area contributed by atoms with Gasteiger partial charge in [0.2, 0.25) is 0 Å². The first-order valence-electron chi connectivity index (χ1n) is 17.4. The molecule has 0 unspecified atom stereocenters. The summed E-state index contributed by atoms with van der Waals surface area (Å²) in [6, 6.07) is 18.4. The van der Waals surface area contributed by atoms with E-state index in [4.69, 9.17) is 10.5 Å². The van der Waals surface area contributed by atoms with Gasteiger partial charge in [-0.15, -0.1) is 0 Å². The summed E-state index contributed by atoms with van der Waals surface area (Å²) >= 11 is 0. The lowest BCUT2D eigenvalue weighted by molar-refractivity contribution is 0.0272. The van der Waals surface area contributed by atoms with Crippen LogP contribution in [0.2, 0.25) is 0 Å². The Hall–Kier alpha value is -4.09. The first-order chi connectivity index (χ1) is 23.4. The minimum Gasteiger partial charge on any atom is -0.392 e. The van der Waals surface area contributed by atoms with Crippen molar-refractivity contribution >= 4 is 11.7 Å². The third-order valence-electron chi connectivity index (χ3n) is 11.0. The number of carbonyl (C=O) groups is 1. The molecule has 2 aliphatic carbocycles.